The van der Waals surface area contributed by atoms with E-state index in [1.165, 1.54) is 12.3 Å². The number of hydrogen-bond acceptors (Lipinski definition) is 4. The van der Waals surface area contributed by atoms with E-state index < -0.39 is 5.91 Å². The zero-order chi connectivity index (χ0) is 18.5. The predicted octanol–water partition coefficient (Wildman–Crippen LogP) is 4.72. The monoisotopic (exact) mass is 407 g/mol. The van der Waals surface area contributed by atoms with E-state index in [4.69, 9.17) is 39.5 Å². The molecule has 1 amide bonds. The number of para-hydroxylation sites is 1. The Labute approximate surface area is 164 Å². The molecule has 0 aliphatic heterocycles. The quantitative estimate of drug-likeness (QED) is 0.377. The summed E-state index contributed by atoms with van der Waals surface area (Å²) in [7, 11) is 0. The summed E-state index contributed by atoms with van der Waals surface area (Å²) >= 11 is 17.9. The van der Waals surface area contributed by atoms with Crippen LogP contribution in [0, 0.1) is 0 Å². The van der Waals surface area contributed by atoms with Gasteiger partial charge in [-0.25, -0.2) is 10.4 Å². The second-order valence-corrected chi connectivity index (χ2v) is 6.42. The Hall–Kier alpha value is -2.34. The molecule has 0 saturated carbocycles. The third-order valence-electron chi connectivity index (χ3n) is 3.35. The molecule has 0 spiro atoms. The van der Waals surface area contributed by atoms with E-state index in [9.17, 15) is 4.79 Å². The molecular formula is C18H12Cl3N3O2. The van der Waals surface area contributed by atoms with Crippen LogP contribution in [0.1, 0.15) is 5.56 Å². The van der Waals surface area contributed by atoms with E-state index >= 15 is 0 Å². The number of hydrogen-bond donors (Lipinski definition) is 1. The van der Waals surface area contributed by atoms with Gasteiger partial charge in [-0.2, -0.15) is 5.10 Å². The van der Waals surface area contributed by atoms with Gasteiger partial charge in [-0.15, -0.1) is 0 Å². The average molecular weight is 409 g/mol. The van der Waals surface area contributed by atoms with E-state index in [2.05, 4.69) is 15.5 Å². The summed E-state index contributed by atoms with van der Waals surface area (Å²) in [5.41, 5.74) is 3.73. The first-order chi connectivity index (χ1) is 12.5. The molecule has 1 N–H and O–H groups in total. The molecule has 132 valence electrons. The number of carbonyl (C=O) groups excluding carboxylic acids is 1. The van der Waals surface area contributed by atoms with Crippen molar-refractivity contribution < 1.29 is 9.53 Å². The highest BCUT2D eigenvalue weighted by atomic mass is 35.5. The molecule has 5 nitrogen and oxygen atoms in total. The summed E-state index contributed by atoms with van der Waals surface area (Å²) < 4.78 is 5.32. The third kappa shape index (κ3) is 4.64. The van der Waals surface area contributed by atoms with Crippen LogP contribution >= 0.6 is 34.8 Å². The second kappa shape index (κ2) is 8.36. The molecule has 0 saturated heterocycles. The second-order valence-electron chi connectivity index (χ2n) is 5.22. The molecule has 0 aliphatic rings. The number of halogens is 3. The molecule has 8 heteroatoms. The summed E-state index contributed by atoms with van der Waals surface area (Å²) in [6, 6.07) is 14.1. The van der Waals surface area contributed by atoms with Crippen molar-refractivity contribution in [3.8, 4) is 5.75 Å². The lowest BCUT2D eigenvalue weighted by molar-refractivity contribution is -0.123. The Kier molecular flexibility index (Phi) is 5.93. The molecule has 3 aromatic rings. The summed E-state index contributed by atoms with van der Waals surface area (Å²) in [5, 5.41) is 5.90. The Bertz CT molecular complexity index is 993. The number of rotatable bonds is 5. The zero-order valence-corrected chi connectivity index (χ0v) is 15.5. The van der Waals surface area contributed by atoms with Gasteiger partial charge in [0.15, 0.2) is 6.61 Å². The maximum Gasteiger partial charge on any atom is 0.277 e. The smallest absolute Gasteiger partial charge is 0.277 e. The molecule has 26 heavy (non-hydrogen) atoms. The predicted molar refractivity (Wildman–Crippen MR) is 104 cm³/mol. The van der Waals surface area contributed by atoms with Crippen LogP contribution in [0.5, 0.6) is 5.75 Å². The first-order valence-electron chi connectivity index (χ1n) is 7.48. The maximum atomic E-state index is 11.8. The molecule has 0 radical (unpaired) electrons. The topological polar surface area (TPSA) is 63.6 Å². The molecular weight excluding hydrogens is 397 g/mol. The van der Waals surface area contributed by atoms with Crippen molar-refractivity contribution in [2.45, 2.75) is 0 Å². The Balaban J connectivity index is 1.59. The van der Waals surface area contributed by atoms with Gasteiger partial charge >= 0.3 is 0 Å². The van der Waals surface area contributed by atoms with E-state index in [-0.39, 0.29) is 6.61 Å². The fourth-order valence-corrected chi connectivity index (χ4v) is 2.80. The summed E-state index contributed by atoms with van der Waals surface area (Å²) in [4.78, 5) is 16.1. The largest absolute Gasteiger partial charge is 0.482 e. The van der Waals surface area contributed by atoms with E-state index in [0.717, 1.165) is 10.9 Å². The lowest BCUT2D eigenvalue weighted by Gasteiger charge is -2.07. The van der Waals surface area contributed by atoms with Gasteiger partial charge in [-0.3, -0.25) is 4.79 Å². The van der Waals surface area contributed by atoms with Gasteiger partial charge < -0.3 is 4.74 Å². The Morgan fingerprint density at radius 1 is 1.15 bits per heavy atom. The highest BCUT2D eigenvalue weighted by Gasteiger charge is 2.06. The fourth-order valence-electron chi connectivity index (χ4n) is 2.14. The highest BCUT2D eigenvalue weighted by Crippen LogP contribution is 2.27. The minimum Gasteiger partial charge on any atom is -0.482 e. The molecule has 0 unspecified atom stereocenters. The number of pyridine rings is 1. The number of nitrogens with zero attached hydrogens (tertiary/aromatic N) is 2. The normalized spacial score (nSPS) is 11.0. The lowest BCUT2D eigenvalue weighted by atomic mass is 10.2. The molecule has 3 rings (SSSR count). The van der Waals surface area contributed by atoms with Gasteiger partial charge in [0.2, 0.25) is 0 Å². The first kappa shape index (κ1) is 18.5. The number of amides is 1. The molecule has 2 aromatic carbocycles. The van der Waals surface area contributed by atoms with Gasteiger partial charge in [0.05, 0.1) is 16.8 Å². The number of ether oxygens (including phenoxy) is 1. The number of hydrazone groups is 1. The summed E-state index contributed by atoms with van der Waals surface area (Å²) in [6.07, 6.45) is 1.43. The van der Waals surface area contributed by atoms with Crippen LogP contribution in [0.25, 0.3) is 10.9 Å². The molecule has 1 heterocycles. The van der Waals surface area contributed by atoms with Crippen molar-refractivity contribution in [1.82, 2.24) is 10.4 Å². The number of benzene rings is 2. The fraction of sp³-hybridized carbons (Fsp3) is 0.0556. The molecule has 1 aromatic heterocycles. The maximum absolute atomic E-state index is 11.8. The third-order valence-corrected chi connectivity index (χ3v) is 4.18. The van der Waals surface area contributed by atoms with E-state index in [1.807, 2.05) is 30.3 Å². The van der Waals surface area contributed by atoms with Crippen molar-refractivity contribution in [2.24, 2.45) is 5.10 Å². The van der Waals surface area contributed by atoms with E-state index in [1.54, 1.807) is 12.1 Å². The minimum atomic E-state index is -0.447. The van der Waals surface area contributed by atoms with Gasteiger partial charge in [0, 0.05) is 16.0 Å². The van der Waals surface area contributed by atoms with Crippen LogP contribution in [0.15, 0.2) is 53.6 Å². The van der Waals surface area contributed by atoms with Crippen molar-refractivity contribution in [1.29, 1.82) is 0 Å². The SMILES string of the molecule is O=C(COc1ccc(Cl)cc1Cl)NN=Cc1cc2ccccc2nc1Cl. The number of carbonyl (C=O) groups is 1. The van der Waals surface area contributed by atoms with Crippen LogP contribution in [0.2, 0.25) is 15.2 Å². The summed E-state index contributed by atoms with van der Waals surface area (Å²) in [5.74, 6) is -0.0888. The first-order valence-corrected chi connectivity index (χ1v) is 8.61. The average Bonchev–Trinajstić information content (AvgIpc) is 2.61. The van der Waals surface area contributed by atoms with E-state index in [0.29, 0.717) is 26.5 Å². The van der Waals surface area contributed by atoms with Crippen LogP contribution in [0.3, 0.4) is 0 Å². The van der Waals surface area contributed by atoms with Gasteiger partial charge in [-0.1, -0.05) is 53.0 Å². The van der Waals surface area contributed by atoms with Crippen molar-refractivity contribution in [3.05, 3.63) is 69.3 Å². The highest BCUT2D eigenvalue weighted by molar-refractivity contribution is 6.35. The molecule has 0 fully saturated rings. The van der Waals surface area contributed by atoms with Crippen molar-refractivity contribution >= 4 is 57.8 Å². The van der Waals surface area contributed by atoms with Crippen molar-refractivity contribution in [3.63, 3.8) is 0 Å². The Morgan fingerprint density at radius 2 is 1.96 bits per heavy atom. The number of fused-ring (bicyclic) bond motifs is 1. The molecule has 0 bridgehead atoms. The number of aromatic nitrogens is 1. The van der Waals surface area contributed by atoms with Crippen LogP contribution in [-0.4, -0.2) is 23.7 Å². The van der Waals surface area contributed by atoms with Crippen LogP contribution in [0.4, 0.5) is 0 Å². The zero-order valence-electron chi connectivity index (χ0n) is 13.2. The van der Waals surface area contributed by atoms with Crippen LogP contribution in [-0.2, 0) is 4.79 Å². The van der Waals surface area contributed by atoms with Gasteiger partial charge in [-0.05, 0) is 30.3 Å². The van der Waals surface area contributed by atoms with Crippen molar-refractivity contribution in [2.75, 3.05) is 6.61 Å². The lowest BCUT2D eigenvalue weighted by Crippen LogP contribution is -2.24. The minimum absolute atomic E-state index is 0.248. The van der Waals surface area contributed by atoms with Gasteiger partial charge in [0.25, 0.3) is 5.91 Å². The number of nitrogens with one attached hydrogen (secondary N) is 1. The standard InChI is InChI=1S/C18H12Cl3N3O2/c19-13-5-6-16(14(20)8-13)26-10-17(25)24-22-9-12-7-11-3-1-2-4-15(11)23-18(12)21/h1-9H,10H2,(H,24,25). The molecule has 0 atom stereocenters. The van der Waals surface area contributed by atoms with Crippen LogP contribution < -0.4 is 10.2 Å². The summed E-state index contributed by atoms with van der Waals surface area (Å²) in [6.45, 7) is -0.248. The molecule has 0 aliphatic carbocycles. The Morgan fingerprint density at radius 3 is 2.77 bits per heavy atom. The van der Waals surface area contributed by atoms with Gasteiger partial charge in [0.1, 0.15) is 10.9 Å².